The van der Waals surface area contributed by atoms with Crippen molar-refractivity contribution < 1.29 is 19.2 Å². The molecular weight excluding hydrogens is 336 g/mol. The number of urea groups is 2. The van der Waals surface area contributed by atoms with Crippen molar-refractivity contribution in [1.29, 1.82) is 0 Å². The minimum Gasteiger partial charge on any atom is -0.338 e. The third-order valence-corrected chi connectivity index (χ3v) is 4.32. The summed E-state index contributed by atoms with van der Waals surface area (Å²) in [5.41, 5.74) is 0.498. The zero-order valence-electron chi connectivity index (χ0n) is 15.4. The van der Waals surface area contributed by atoms with Crippen LogP contribution in [0.25, 0.3) is 0 Å². The van der Waals surface area contributed by atoms with E-state index in [1.807, 2.05) is 12.1 Å². The molecule has 6 amide bonds. The van der Waals surface area contributed by atoms with E-state index in [0.29, 0.717) is 18.0 Å². The van der Waals surface area contributed by atoms with Gasteiger partial charge in [0.05, 0.1) is 0 Å². The minimum atomic E-state index is -1.25. The first-order valence-electron chi connectivity index (χ1n) is 8.51. The molecule has 26 heavy (non-hydrogen) atoms. The summed E-state index contributed by atoms with van der Waals surface area (Å²) in [5, 5.41) is 7.11. The van der Waals surface area contributed by atoms with Gasteiger partial charge < -0.3 is 10.6 Å². The Morgan fingerprint density at radius 3 is 2.35 bits per heavy atom. The summed E-state index contributed by atoms with van der Waals surface area (Å²) in [6, 6.07) is 6.08. The molecule has 2 rings (SSSR count). The van der Waals surface area contributed by atoms with Crippen molar-refractivity contribution in [3.05, 3.63) is 35.4 Å². The van der Waals surface area contributed by atoms with Crippen LogP contribution in [0.15, 0.2) is 24.3 Å². The number of imide groups is 2. The van der Waals surface area contributed by atoms with E-state index in [1.165, 1.54) is 0 Å². The van der Waals surface area contributed by atoms with E-state index in [2.05, 4.69) is 29.8 Å². The monoisotopic (exact) mass is 360 g/mol. The van der Waals surface area contributed by atoms with Crippen LogP contribution in [-0.4, -0.2) is 41.9 Å². The van der Waals surface area contributed by atoms with Gasteiger partial charge in [0, 0.05) is 6.54 Å². The number of nitrogens with one attached hydrogen (secondary N) is 3. The SMILES string of the molecule is CCNC(=O)NC(=O)CN1C(=O)N[C@](C)(c2ccc(C(C)C)cc2)C1=O. The van der Waals surface area contributed by atoms with Gasteiger partial charge in [-0.3, -0.25) is 19.8 Å². The number of hydrogen-bond donors (Lipinski definition) is 3. The van der Waals surface area contributed by atoms with Gasteiger partial charge in [0.15, 0.2) is 0 Å². The number of carbonyl (C=O) groups excluding carboxylic acids is 4. The molecule has 0 aliphatic carbocycles. The van der Waals surface area contributed by atoms with Crippen molar-refractivity contribution in [1.82, 2.24) is 20.9 Å². The van der Waals surface area contributed by atoms with E-state index in [0.717, 1.165) is 10.5 Å². The number of benzene rings is 1. The lowest BCUT2D eigenvalue weighted by atomic mass is 9.90. The first kappa shape index (κ1) is 19.4. The zero-order chi connectivity index (χ0) is 19.5. The smallest absolute Gasteiger partial charge is 0.325 e. The van der Waals surface area contributed by atoms with E-state index in [-0.39, 0.29) is 0 Å². The van der Waals surface area contributed by atoms with Gasteiger partial charge in [-0.15, -0.1) is 0 Å². The molecule has 8 nitrogen and oxygen atoms in total. The van der Waals surface area contributed by atoms with Gasteiger partial charge in [0.25, 0.3) is 5.91 Å². The maximum absolute atomic E-state index is 12.8. The second kappa shape index (κ2) is 7.55. The van der Waals surface area contributed by atoms with Crippen molar-refractivity contribution in [3.63, 3.8) is 0 Å². The van der Waals surface area contributed by atoms with Gasteiger partial charge in [-0.2, -0.15) is 0 Å². The molecule has 1 aliphatic rings. The summed E-state index contributed by atoms with van der Waals surface area (Å²) < 4.78 is 0. The molecule has 1 aliphatic heterocycles. The molecule has 1 saturated heterocycles. The highest BCUT2D eigenvalue weighted by atomic mass is 16.2. The van der Waals surface area contributed by atoms with Crippen molar-refractivity contribution in [2.24, 2.45) is 0 Å². The Labute approximate surface area is 152 Å². The third-order valence-electron chi connectivity index (χ3n) is 4.32. The molecule has 1 atom stereocenters. The average molecular weight is 360 g/mol. The molecule has 1 fully saturated rings. The second-order valence-electron chi connectivity index (χ2n) is 6.63. The second-order valence-corrected chi connectivity index (χ2v) is 6.63. The number of rotatable bonds is 5. The van der Waals surface area contributed by atoms with Crippen molar-refractivity contribution >= 4 is 23.9 Å². The lowest BCUT2D eigenvalue weighted by molar-refractivity contribution is -0.134. The summed E-state index contributed by atoms with van der Waals surface area (Å²) in [6.45, 7) is 7.26. The minimum absolute atomic E-state index is 0.347. The number of amides is 6. The maximum atomic E-state index is 12.8. The summed E-state index contributed by atoms with van der Waals surface area (Å²) >= 11 is 0. The van der Waals surface area contributed by atoms with Crippen LogP contribution in [0.5, 0.6) is 0 Å². The van der Waals surface area contributed by atoms with Crippen LogP contribution >= 0.6 is 0 Å². The number of hydrogen-bond acceptors (Lipinski definition) is 4. The fraction of sp³-hybridized carbons (Fsp3) is 0.444. The molecule has 8 heteroatoms. The molecule has 1 aromatic rings. The quantitative estimate of drug-likeness (QED) is 0.690. The summed E-state index contributed by atoms with van der Waals surface area (Å²) in [4.78, 5) is 49.1. The summed E-state index contributed by atoms with van der Waals surface area (Å²) in [6.07, 6.45) is 0. The molecule has 0 aromatic heterocycles. The van der Waals surface area contributed by atoms with E-state index >= 15 is 0 Å². The average Bonchev–Trinajstić information content (AvgIpc) is 2.79. The first-order chi connectivity index (χ1) is 12.2. The van der Waals surface area contributed by atoms with Crippen LogP contribution in [-0.2, 0) is 15.1 Å². The standard InChI is InChI=1S/C18H24N4O4/c1-5-19-16(25)20-14(23)10-22-15(24)18(4,21-17(22)26)13-8-6-12(7-9-13)11(2)3/h6-9,11H,5,10H2,1-4H3,(H,21,26)(H2,19,20,23,25)/t18-/m1/s1. The maximum Gasteiger partial charge on any atom is 0.325 e. The molecule has 1 heterocycles. The molecule has 0 unspecified atom stereocenters. The van der Waals surface area contributed by atoms with Gasteiger partial charge in [-0.05, 0) is 30.9 Å². The fourth-order valence-electron chi connectivity index (χ4n) is 2.75. The Balaban J connectivity index is 2.14. The lowest BCUT2D eigenvalue weighted by Crippen LogP contribution is -2.46. The topological polar surface area (TPSA) is 108 Å². The van der Waals surface area contributed by atoms with E-state index < -0.39 is 36.0 Å². The van der Waals surface area contributed by atoms with E-state index in [4.69, 9.17) is 0 Å². The Hall–Kier alpha value is -2.90. The molecule has 140 valence electrons. The molecule has 3 N–H and O–H groups in total. The molecular formula is C18H24N4O4. The van der Waals surface area contributed by atoms with Crippen LogP contribution in [0.4, 0.5) is 9.59 Å². The number of nitrogens with zero attached hydrogens (tertiary/aromatic N) is 1. The van der Waals surface area contributed by atoms with Gasteiger partial charge in [-0.1, -0.05) is 38.1 Å². The Morgan fingerprint density at radius 1 is 1.19 bits per heavy atom. The highest BCUT2D eigenvalue weighted by Gasteiger charge is 2.49. The molecule has 0 bridgehead atoms. The van der Waals surface area contributed by atoms with Gasteiger partial charge in [-0.25, -0.2) is 9.59 Å². The summed E-state index contributed by atoms with van der Waals surface area (Å²) in [7, 11) is 0. The molecule has 0 radical (unpaired) electrons. The molecule has 0 spiro atoms. The fourth-order valence-corrected chi connectivity index (χ4v) is 2.75. The lowest BCUT2D eigenvalue weighted by Gasteiger charge is -2.22. The predicted octanol–water partition coefficient (Wildman–Crippen LogP) is 1.42. The van der Waals surface area contributed by atoms with Crippen molar-refractivity contribution in [2.45, 2.75) is 39.2 Å². The van der Waals surface area contributed by atoms with Gasteiger partial charge in [0.1, 0.15) is 12.1 Å². The number of carbonyl (C=O) groups is 4. The van der Waals surface area contributed by atoms with Crippen LogP contribution in [0.3, 0.4) is 0 Å². The highest BCUT2D eigenvalue weighted by Crippen LogP contribution is 2.29. The molecule has 1 aromatic carbocycles. The van der Waals surface area contributed by atoms with E-state index in [9.17, 15) is 19.2 Å². The normalized spacial score (nSPS) is 19.5. The van der Waals surface area contributed by atoms with Crippen molar-refractivity contribution in [3.8, 4) is 0 Å². The highest BCUT2D eigenvalue weighted by molar-refractivity contribution is 6.10. The van der Waals surface area contributed by atoms with Gasteiger partial charge in [0.2, 0.25) is 5.91 Å². The van der Waals surface area contributed by atoms with Crippen LogP contribution in [0.1, 0.15) is 44.7 Å². The largest absolute Gasteiger partial charge is 0.338 e. The molecule has 0 saturated carbocycles. The Morgan fingerprint density at radius 2 is 1.81 bits per heavy atom. The zero-order valence-corrected chi connectivity index (χ0v) is 15.4. The van der Waals surface area contributed by atoms with E-state index in [1.54, 1.807) is 26.0 Å². The van der Waals surface area contributed by atoms with Crippen LogP contribution < -0.4 is 16.0 Å². The van der Waals surface area contributed by atoms with Crippen molar-refractivity contribution in [2.75, 3.05) is 13.1 Å². The summed E-state index contributed by atoms with van der Waals surface area (Å²) in [5.74, 6) is -0.926. The van der Waals surface area contributed by atoms with Crippen LogP contribution in [0, 0.1) is 0 Å². The Bertz CT molecular complexity index is 729. The van der Waals surface area contributed by atoms with Crippen LogP contribution in [0.2, 0.25) is 0 Å². The first-order valence-corrected chi connectivity index (χ1v) is 8.51. The Kier molecular flexibility index (Phi) is 5.64. The van der Waals surface area contributed by atoms with Gasteiger partial charge >= 0.3 is 12.1 Å². The predicted molar refractivity (Wildman–Crippen MR) is 95.3 cm³/mol. The third kappa shape index (κ3) is 3.84.